The molecule has 27 heavy (non-hydrogen) atoms. The summed E-state index contributed by atoms with van der Waals surface area (Å²) in [4.78, 5) is 24.0. The maximum absolute atomic E-state index is 12.7. The van der Waals surface area contributed by atoms with Crippen LogP contribution in [-0.4, -0.2) is 45.4 Å². The molecule has 1 amide bonds. The number of carbonyl (C=O) groups is 2. The van der Waals surface area contributed by atoms with Gasteiger partial charge < -0.3 is 29.4 Å². The van der Waals surface area contributed by atoms with Crippen LogP contribution in [0.15, 0.2) is 30.3 Å². The number of ether oxygens (including phenoxy) is 4. The molecular weight excluding hydrogens is 354 g/mol. The molecule has 0 fully saturated rings. The van der Waals surface area contributed by atoms with E-state index in [1.54, 1.807) is 6.07 Å². The number of carbonyl (C=O) groups excluding carboxylic acids is 1. The Hall–Kier alpha value is -3.26. The third kappa shape index (κ3) is 4.68. The van der Waals surface area contributed by atoms with E-state index < -0.39 is 11.9 Å². The lowest BCUT2D eigenvalue weighted by molar-refractivity contribution is 0.0696. The molecule has 2 aromatic rings. The molecule has 0 saturated carbocycles. The zero-order valence-electron chi connectivity index (χ0n) is 15.5. The summed E-state index contributed by atoms with van der Waals surface area (Å²) in [6.07, 6.45) is 0. The number of nitrogens with one attached hydrogen (secondary N) is 1. The summed E-state index contributed by atoms with van der Waals surface area (Å²) in [5.41, 5.74) is 1.27. The fourth-order valence-electron chi connectivity index (χ4n) is 2.55. The van der Waals surface area contributed by atoms with E-state index >= 15 is 0 Å². The topological polar surface area (TPSA) is 103 Å². The van der Waals surface area contributed by atoms with E-state index in [0.717, 1.165) is 0 Å². The molecule has 0 unspecified atom stereocenters. The lowest BCUT2D eigenvalue weighted by Crippen LogP contribution is -2.13. The van der Waals surface area contributed by atoms with Crippen molar-refractivity contribution in [2.75, 3.05) is 33.8 Å². The highest BCUT2D eigenvalue weighted by molar-refractivity contribution is 6.05. The number of aromatic carboxylic acids is 1. The Morgan fingerprint density at radius 1 is 0.889 bits per heavy atom. The highest BCUT2D eigenvalue weighted by atomic mass is 16.5. The average molecular weight is 375 g/mol. The monoisotopic (exact) mass is 375 g/mol. The minimum absolute atomic E-state index is 0.0461. The largest absolute Gasteiger partial charge is 0.493 e. The molecule has 2 rings (SSSR count). The van der Waals surface area contributed by atoms with Gasteiger partial charge in [0.2, 0.25) is 5.75 Å². The Bertz CT molecular complexity index is 823. The molecular formula is C19H21NO7. The number of anilines is 1. The average Bonchev–Trinajstić information content (AvgIpc) is 2.66. The van der Waals surface area contributed by atoms with Gasteiger partial charge >= 0.3 is 5.97 Å². The van der Waals surface area contributed by atoms with Gasteiger partial charge in [0, 0.05) is 18.4 Å². The first kappa shape index (κ1) is 20.1. The van der Waals surface area contributed by atoms with Crippen LogP contribution in [-0.2, 0) is 11.3 Å². The molecule has 144 valence electrons. The van der Waals surface area contributed by atoms with Gasteiger partial charge in [-0.25, -0.2) is 4.79 Å². The number of amides is 1. The van der Waals surface area contributed by atoms with Gasteiger partial charge in [0.05, 0.1) is 33.5 Å². The van der Waals surface area contributed by atoms with E-state index in [1.165, 1.54) is 52.7 Å². The Kier molecular flexibility index (Phi) is 6.62. The fourth-order valence-corrected chi connectivity index (χ4v) is 2.55. The second-order valence-electron chi connectivity index (χ2n) is 5.52. The molecule has 8 heteroatoms. The lowest BCUT2D eigenvalue weighted by atomic mass is 10.1. The Morgan fingerprint density at radius 3 is 2.00 bits per heavy atom. The number of rotatable bonds is 8. The van der Waals surface area contributed by atoms with Crippen LogP contribution < -0.4 is 19.5 Å². The quantitative estimate of drug-likeness (QED) is 0.731. The van der Waals surface area contributed by atoms with Gasteiger partial charge in [-0.1, -0.05) is 0 Å². The van der Waals surface area contributed by atoms with Gasteiger partial charge in [-0.15, -0.1) is 0 Å². The summed E-state index contributed by atoms with van der Waals surface area (Å²) in [5, 5.41) is 11.9. The van der Waals surface area contributed by atoms with Crippen LogP contribution in [0.4, 0.5) is 5.69 Å². The van der Waals surface area contributed by atoms with E-state index in [4.69, 9.17) is 18.9 Å². The molecule has 0 atom stereocenters. The molecule has 2 N–H and O–H groups in total. The second kappa shape index (κ2) is 8.91. The SMILES string of the molecule is COCc1cc(NC(=O)c2cc(OC)c(OC)c(OC)c2)cc(C(=O)O)c1. The lowest BCUT2D eigenvalue weighted by Gasteiger charge is -2.14. The number of hydrogen-bond acceptors (Lipinski definition) is 6. The van der Waals surface area contributed by atoms with Gasteiger partial charge in [-0.2, -0.15) is 0 Å². The molecule has 2 aromatic carbocycles. The zero-order valence-corrected chi connectivity index (χ0v) is 15.5. The Labute approximate surface area is 156 Å². The molecule has 0 aliphatic heterocycles. The normalized spacial score (nSPS) is 10.2. The standard InChI is InChI=1S/C19H21NO7/c1-24-10-11-5-13(19(22)23)7-14(6-11)20-18(21)12-8-15(25-2)17(27-4)16(9-12)26-3/h5-9H,10H2,1-4H3,(H,20,21)(H,22,23). The smallest absolute Gasteiger partial charge is 0.335 e. The van der Waals surface area contributed by atoms with Gasteiger partial charge in [0.1, 0.15) is 0 Å². The van der Waals surface area contributed by atoms with Crippen LogP contribution in [0.25, 0.3) is 0 Å². The summed E-state index contributed by atoms with van der Waals surface area (Å²) in [6.45, 7) is 0.216. The maximum Gasteiger partial charge on any atom is 0.335 e. The first-order valence-corrected chi connectivity index (χ1v) is 7.91. The minimum atomic E-state index is -1.10. The van der Waals surface area contributed by atoms with Crippen molar-refractivity contribution in [2.24, 2.45) is 0 Å². The van der Waals surface area contributed by atoms with Crippen molar-refractivity contribution in [1.82, 2.24) is 0 Å². The third-order valence-corrected chi connectivity index (χ3v) is 3.74. The molecule has 0 bridgehead atoms. The molecule has 0 radical (unpaired) electrons. The van der Waals surface area contributed by atoms with E-state index in [2.05, 4.69) is 5.32 Å². The van der Waals surface area contributed by atoms with Crippen molar-refractivity contribution in [3.8, 4) is 17.2 Å². The van der Waals surface area contributed by atoms with Gasteiger partial charge in [-0.3, -0.25) is 4.79 Å². The molecule has 0 spiro atoms. The maximum atomic E-state index is 12.7. The molecule has 0 aliphatic carbocycles. The predicted octanol–water partition coefficient (Wildman–Crippen LogP) is 2.81. The van der Waals surface area contributed by atoms with Crippen molar-refractivity contribution in [2.45, 2.75) is 6.61 Å². The van der Waals surface area contributed by atoms with Crippen LogP contribution >= 0.6 is 0 Å². The number of methoxy groups -OCH3 is 4. The third-order valence-electron chi connectivity index (χ3n) is 3.74. The van der Waals surface area contributed by atoms with E-state index in [1.807, 2.05) is 0 Å². The summed E-state index contributed by atoms with van der Waals surface area (Å²) in [6, 6.07) is 7.52. The summed E-state index contributed by atoms with van der Waals surface area (Å²) >= 11 is 0. The molecule has 0 aliphatic rings. The number of benzene rings is 2. The van der Waals surface area contributed by atoms with Crippen LogP contribution in [0.2, 0.25) is 0 Å². The number of carboxylic acids is 1. The minimum Gasteiger partial charge on any atom is -0.493 e. The van der Waals surface area contributed by atoms with Gasteiger partial charge in [-0.05, 0) is 35.9 Å². The molecule has 0 heterocycles. The Morgan fingerprint density at radius 2 is 1.52 bits per heavy atom. The van der Waals surface area contributed by atoms with E-state index in [-0.39, 0.29) is 17.7 Å². The van der Waals surface area contributed by atoms with E-state index in [9.17, 15) is 14.7 Å². The highest BCUT2D eigenvalue weighted by Crippen LogP contribution is 2.38. The van der Waals surface area contributed by atoms with Crippen LogP contribution in [0.5, 0.6) is 17.2 Å². The second-order valence-corrected chi connectivity index (χ2v) is 5.52. The first-order valence-electron chi connectivity index (χ1n) is 7.91. The number of carboxylic acid groups (broad SMARTS) is 1. The van der Waals surface area contributed by atoms with Crippen molar-refractivity contribution in [1.29, 1.82) is 0 Å². The van der Waals surface area contributed by atoms with Crippen molar-refractivity contribution in [3.05, 3.63) is 47.0 Å². The first-order chi connectivity index (χ1) is 12.9. The Balaban J connectivity index is 2.38. The van der Waals surface area contributed by atoms with Crippen LogP contribution in [0.1, 0.15) is 26.3 Å². The predicted molar refractivity (Wildman–Crippen MR) is 98.2 cm³/mol. The van der Waals surface area contributed by atoms with Crippen molar-refractivity contribution >= 4 is 17.6 Å². The highest BCUT2D eigenvalue weighted by Gasteiger charge is 2.18. The van der Waals surface area contributed by atoms with E-state index in [0.29, 0.717) is 28.5 Å². The molecule has 8 nitrogen and oxygen atoms in total. The summed E-state index contributed by atoms with van der Waals surface area (Å²) in [5.74, 6) is -0.522. The summed E-state index contributed by atoms with van der Waals surface area (Å²) < 4.78 is 20.8. The molecule has 0 saturated heterocycles. The van der Waals surface area contributed by atoms with Crippen LogP contribution in [0, 0.1) is 0 Å². The van der Waals surface area contributed by atoms with Gasteiger partial charge in [0.15, 0.2) is 11.5 Å². The van der Waals surface area contributed by atoms with Crippen molar-refractivity contribution < 1.29 is 33.6 Å². The summed E-state index contributed by atoms with van der Waals surface area (Å²) in [7, 11) is 5.87. The molecule has 0 aromatic heterocycles. The van der Waals surface area contributed by atoms with Crippen molar-refractivity contribution in [3.63, 3.8) is 0 Å². The number of hydrogen-bond donors (Lipinski definition) is 2. The van der Waals surface area contributed by atoms with Crippen LogP contribution in [0.3, 0.4) is 0 Å². The fraction of sp³-hybridized carbons (Fsp3) is 0.263. The van der Waals surface area contributed by atoms with Gasteiger partial charge in [0.25, 0.3) is 5.91 Å². The zero-order chi connectivity index (χ0) is 20.0.